The molecule has 0 radical (unpaired) electrons. The molecular weight excluding hydrogens is 338 g/mol. The molecule has 3 aromatic rings. The molecule has 0 unspecified atom stereocenters. The number of para-hydroxylation sites is 1. The maximum absolute atomic E-state index is 11.9. The minimum absolute atomic E-state index is 0.187. The number of rotatable bonds is 4. The summed E-state index contributed by atoms with van der Waals surface area (Å²) in [5.41, 5.74) is 2.92. The third-order valence-corrected chi connectivity index (χ3v) is 5.42. The van der Waals surface area contributed by atoms with Crippen molar-refractivity contribution in [3.05, 3.63) is 72.4 Å². The van der Waals surface area contributed by atoms with Crippen LogP contribution in [0.4, 0.5) is 5.69 Å². The average molecular weight is 359 g/mol. The maximum atomic E-state index is 11.9. The number of anilines is 1. The number of phenolic OH excluding ortho intramolecular Hbond substituents is 1. The van der Waals surface area contributed by atoms with E-state index in [1.165, 1.54) is 0 Å². The Balaban J connectivity index is 1.56. The van der Waals surface area contributed by atoms with Crippen LogP contribution in [0.25, 0.3) is 11.3 Å². The number of hydrogen-bond donors (Lipinski definition) is 1. The highest BCUT2D eigenvalue weighted by molar-refractivity contribution is 5.71. The number of piperidine rings is 1. The van der Waals surface area contributed by atoms with Gasteiger partial charge in [0.2, 0.25) is 0 Å². The van der Waals surface area contributed by atoms with Gasteiger partial charge in [-0.25, -0.2) is 0 Å². The monoisotopic (exact) mass is 359 g/mol. The van der Waals surface area contributed by atoms with Crippen molar-refractivity contribution in [3.63, 3.8) is 0 Å². The van der Waals surface area contributed by atoms with Crippen LogP contribution in [0.15, 0.2) is 66.9 Å². The largest absolute Gasteiger partial charge is 0.507 e. The van der Waals surface area contributed by atoms with Crippen LogP contribution in [0.3, 0.4) is 0 Å². The molecule has 1 N–H and O–H groups in total. The van der Waals surface area contributed by atoms with Gasteiger partial charge in [-0.15, -0.1) is 0 Å². The Morgan fingerprint density at radius 2 is 1.70 bits per heavy atom. The molecule has 5 nitrogen and oxygen atoms in total. The van der Waals surface area contributed by atoms with Crippen LogP contribution in [0.1, 0.15) is 18.4 Å². The molecule has 0 spiro atoms. The zero-order valence-electron chi connectivity index (χ0n) is 15.0. The fourth-order valence-electron chi connectivity index (χ4n) is 3.76. The summed E-state index contributed by atoms with van der Waals surface area (Å²) in [5, 5.41) is 18.4. The fourth-order valence-corrected chi connectivity index (χ4v) is 3.76. The summed E-state index contributed by atoms with van der Waals surface area (Å²) in [4.78, 5) is 14.2. The third kappa shape index (κ3) is 3.28. The number of nitrogens with zero attached hydrogens (tertiary/aromatic N) is 3. The van der Waals surface area contributed by atoms with E-state index in [0.717, 1.165) is 43.5 Å². The molecule has 4 rings (SSSR count). The number of carbonyl (C=O) groups excluding carboxylic acids is 1. The highest BCUT2D eigenvalue weighted by Gasteiger charge is 2.36. The van der Waals surface area contributed by atoms with Crippen molar-refractivity contribution < 1.29 is 9.90 Å². The van der Waals surface area contributed by atoms with Gasteiger partial charge in [0.05, 0.1) is 23.0 Å². The number of phenols is 1. The molecule has 2 aromatic carbocycles. The molecule has 1 saturated heterocycles. The van der Waals surface area contributed by atoms with E-state index in [1.807, 2.05) is 48.5 Å². The van der Waals surface area contributed by atoms with Crippen molar-refractivity contribution in [2.75, 3.05) is 18.0 Å². The lowest BCUT2D eigenvalue weighted by molar-refractivity contribution is -0.113. The summed E-state index contributed by atoms with van der Waals surface area (Å²) in [6.45, 7) is 1.53. The second kappa shape index (κ2) is 7.19. The van der Waals surface area contributed by atoms with Crippen LogP contribution < -0.4 is 4.90 Å². The van der Waals surface area contributed by atoms with E-state index in [9.17, 15) is 9.90 Å². The number of hydrogen-bond acceptors (Lipinski definition) is 5. The summed E-state index contributed by atoms with van der Waals surface area (Å²) in [6.07, 6.45) is 4.36. The molecule has 0 bridgehead atoms. The predicted molar refractivity (Wildman–Crippen MR) is 105 cm³/mol. The van der Waals surface area contributed by atoms with E-state index in [4.69, 9.17) is 0 Å². The SMILES string of the molecule is O=CC1(c2ccccc2)CCN(c2cnnc(-c3ccccc3O)c2)CC1. The minimum Gasteiger partial charge on any atom is -0.507 e. The Morgan fingerprint density at radius 1 is 1.00 bits per heavy atom. The Kier molecular flexibility index (Phi) is 4.59. The maximum Gasteiger partial charge on any atom is 0.130 e. The summed E-state index contributed by atoms with van der Waals surface area (Å²) in [7, 11) is 0. The number of aromatic nitrogens is 2. The fraction of sp³-hybridized carbons (Fsp3) is 0.227. The minimum atomic E-state index is -0.418. The zero-order chi connectivity index (χ0) is 18.7. The van der Waals surface area contributed by atoms with Gasteiger partial charge in [0, 0.05) is 18.7 Å². The van der Waals surface area contributed by atoms with Crippen molar-refractivity contribution in [2.45, 2.75) is 18.3 Å². The van der Waals surface area contributed by atoms with Gasteiger partial charge in [-0.2, -0.15) is 10.2 Å². The molecule has 2 heterocycles. The van der Waals surface area contributed by atoms with E-state index in [1.54, 1.807) is 18.3 Å². The molecular formula is C22H21N3O2. The molecule has 136 valence electrons. The first-order valence-corrected chi connectivity index (χ1v) is 9.10. The smallest absolute Gasteiger partial charge is 0.130 e. The van der Waals surface area contributed by atoms with Crippen LogP contribution in [0.2, 0.25) is 0 Å². The molecule has 0 amide bonds. The first-order valence-electron chi connectivity index (χ1n) is 9.10. The second-order valence-corrected chi connectivity index (χ2v) is 6.94. The van der Waals surface area contributed by atoms with Crippen molar-refractivity contribution in [1.29, 1.82) is 0 Å². The Hall–Kier alpha value is -3.21. The van der Waals surface area contributed by atoms with Crippen molar-refractivity contribution in [2.24, 2.45) is 0 Å². The van der Waals surface area contributed by atoms with Gasteiger partial charge in [-0.3, -0.25) is 0 Å². The standard InChI is InChI=1S/C22H21N3O2/c26-16-22(17-6-2-1-3-7-17)10-12-25(13-11-22)18-14-20(24-23-15-18)19-8-4-5-9-21(19)27/h1-9,14-16,27H,10-13H2. The number of aldehydes is 1. The van der Waals surface area contributed by atoms with E-state index in [0.29, 0.717) is 11.3 Å². The van der Waals surface area contributed by atoms with Gasteiger partial charge in [0.1, 0.15) is 12.0 Å². The quantitative estimate of drug-likeness (QED) is 0.721. The summed E-state index contributed by atoms with van der Waals surface area (Å²) in [6, 6.07) is 19.1. The van der Waals surface area contributed by atoms with Crippen molar-refractivity contribution in [3.8, 4) is 17.0 Å². The topological polar surface area (TPSA) is 66.3 Å². The summed E-state index contributed by atoms with van der Waals surface area (Å²) >= 11 is 0. The lowest BCUT2D eigenvalue weighted by Crippen LogP contribution is -2.43. The summed E-state index contributed by atoms with van der Waals surface area (Å²) < 4.78 is 0. The molecule has 1 fully saturated rings. The van der Waals surface area contributed by atoms with Gasteiger partial charge in [-0.05, 0) is 36.6 Å². The van der Waals surface area contributed by atoms with E-state index < -0.39 is 5.41 Å². The Morgan fingerprint density at radius 3 is 2.41 bits per heavy atom. The van der Waals surface area contributed by atoms with Crippen LogP contribution in [-0.2, 0) is 10.2 Å². The van der Waals surface area contributed by atoms with Crippen LogP contribution in [0.5, 0.6) is 5.75 Å². The third-order valence-electron chi connectivity index (χ3n) is 5.42. The van der Waals surface area contributed by atoms with E-state index in [2.05, 4.69) is 15.1 Å². The van der Waals surface area contributed by atoms with E-state index in [-0.39, 0.29) is 5.75 Å². The molecule has 1 aliphatic rings. The second-order valence-electron chi connectivity index (χ2n) is 6.94. The molecule has 1 aliphatic heterocycles. The van der Waals surface area contributed by atoms with Gasteiger partial charge in [-0.1, -0.05) is 42.5 Å². The van der Waals surface area contributed by atoms with Gasteiger partial charge in [0.25, 0.3) is 0 Å². The van der Waals surface area contributed by atoms with Crippen molar-refractivity contribution in [1.82, 2.24) is 10.2 Å². The summed E-state index contributed by atoms with van der Waals surface area (Å²) in [5.74, 6) is 0.187. The van der Waals surface area contributed by atoms with Gasteiger partial charge < -0.3 is 14.8 Å². The van der Waals surface area contributed by atoms with Crippen LogP contribution >= 0.6 is 0 Å². The van der Waals surface area contributed by atoms with Crippen LogP contribution in [-0.4, -0.2) is 34.7 Å². The zero-order valence-corrected chi connectivity index (χ0v) is 15.0. The molecule has 5 heteroatoms. The molecule has 0 aliphatic carbocycles. The number of carbonyl (C=O) groups is 1. The van der Waals surface area contributed by atoms with E-state index >= 15 is 0 Å². The Bertz CT molecular complexity index is 935. The molecule has 0 saturated carbocycles. The highest BCUT2D eigenvalue weighted by atomic mass is 16.3. The number of aromatic hydroxyl groups is 1. The van der Waals surface area contributed by atoms with Gasteiger partial charge >= 0.3 is 0 Å². The average Bonchev–Trinajstić information content (AvgIpc) is 2.75. The molecule has 1 aromatic heterocycles. The highest BCUT2D eigenvalue weighted by Crippen LogP contribution is 2.36. The molecule has 27 heavy (non-hydrogen) atoms. The van der Waals surface area contributed by atoms with Gasteiger partial charge in [0.15, 0.2) is 0 Å². The predicted octanol–water partition coefficient (Wildman–Crippen LogP) is 3.59. The lowest BCUT2D eigenvalue weighted by Gasteiger charge is -2.39. The number of benzene rings is 2. The lowest BCUT2D eigenvalue weighted by atomic mass is 9.74. The van der Waals surface area contributed by atoms with Crippen LogP contribution in [0, 0.1) is 0 Å². The van der Waals surface area contributed by atoms with Crippen molar-refractivity contribution >= 4 is 12.0 Å². The normalized spacial score (nSPS) is 16.1. The molecule has 0 atom stereocenters. The Labute approximate surface area is 158 Å². The first-order chi connectivity index (χ1) is 13.2. The first kappa shape index (κ1) is 17.2.